The van der Waals surface area contributed by atoms with E-state index in [4.69, 9.17) is 4.74 Å². The number of fused-ring (bicyclic) bond motifs is 1. The Kier molecular flexibility index (Phi) is 5.23. The van der Waals surface area contributed by atoms with Gasteiger partial charge in [0.25, 0.3) is 0 Å². The van der Waals surface area contributed by atoms with Gasteiger partial charge >= 0.3 is 5.97 Å². The van der Waals surface area contributed by atoms with Gasteiger partial charge in [-0.3, -0.25) is 9.69 Å². The van der Waals surface area contributed by atoms with Crippen LogP contribution in [0.5, 0.6) is 0 Å². The van der Waals surface area contributed by atoms with Gasteiger partial charge in [0.05, 0.1) is 28.7 Å². The van der Waals surface area contributed by atoms with Crippen LogP contribution in [-0.2, 0) is 14.3 Å². The maximum absolute atomic E-state index is 13.0. The number of thioether (sulfide) groups is 1. The van der Waals surface area contributed by atoms with Gasteiger partial charge in [-0.05, 0) is 39.7 Å². The minimum atomic E-state index is -0.495. The minimum Gasteiger partial charge on any atom is -0.459 e. The molecule has 0 saturated carbocycles. The summed E-state index contributed by atoms with van der Waals surface area (Å²) >= 11 is 1.48. The summed E-state index contributed by atoms with van der Waals surface area (Å²) in [4.78, 5) is 32.0. The summed E-state index contributed by atoms with van der Waals surface area (Å²) in [6, 6.07) is 7.43. The molecule has 0 aromatic heterocycles. The number of carbonyl (C=O) groups excluding carboxylic acids is 2. The zero-order valence-corrected chi connectivity index (χ0v) is 16.6. The number of nitrogens with zero attached hydrogens (tertiary/aromatic N) is 2. The highest BCUT2D eigenvalue weighted by Crippen LogP contribution is 2.44. The first-order chi connectivity index (χ1) is 12.3. The van der Waals surface area contributed by atoms with Crippen molar-refractivity contribution < 1.29 is 14.3 Å². The first-order valence-corrected chi connectivity index (χ1v) is 9.78. The summed E-state index contributed by atoms with van der Waals surface area (Å²) < 4.78 is 5.46. The molecule has 2 aliphatic heterocycles. The summed E-state index contributed by atoms with van der Waals surface area (Å²) in [7, 11) is 0. The topological polar surface area (TPSA) is 59.0 Å². The maximum Gasteiger partial charge on any atom is 0.338 e. The van der Waals surface area contributed by atoms with Crippen LogP contribution in [0.15, 0.2) is 40.5 Å². The number of hydrogen-bond acceptors (Lipinski definition) is 5. The molecule has 0 N–H and O–H groups in total. The lowest BCUT2D eigenvalue weighted by Gasteiger charge is -2.33. The molecule has 2 heterocycles. The van der Waals surface area contributed by atoms with Crippen molar-refractivity contribution in [3.63, 3.8) is 0 Å². The molecule has 26 heavy (non-hydrogen) atoms. The van der Waals surface area contributed by atoms with E-state index in [-0.39, 0.29) is 17.3 Å². The van der Waals surface area contributed by atoms with E-state index in [1.165, 1.54) is 11.8 Å². The Morgan fingerprint density at radius 3 is 2.50 bits per heavy atom. The third-order valence-corrected chi connectivity index (χ3v) is 5.80. The molecule has 2 atom stereocenters. The van der Waals surface area contributed by atoms with Gasteiger partial charge in [-0.25, -0.2) is 9.79 Å². The van der Waals surface area contributed by atoms with E-state index in [0.717, 1.165) is 17.5 Å². The fraction of sp³-hybridized carbons (Fsp3) is 0.450. The summed E-state index contributed by atoms with van der Waals surface area (Å²) in [5, 5.41) is 0.515. The Labute approximate surface area is 158 Å². The van der Waals surface area contributed by atoms with Crippen LogP contribution >= 0.6 is 11.8 Å². The van der Waals surface area contributed by atoms with Gasteiger partial charge < -0.3 is 4.74 Å². The molecule has 5 nitrogen and oxygen atoms in total. The molecular weight excluding hydrogens is 348 g/mol. The smallest absolute Gasteiger partial charge is 0.338 e. The van der Waals surface area contributed by atoms with Crippen molar-refractivity contribution in [3.05, 3.63) is 46.7 Å². The van der Waals surface area contributed by atoms with Gasteiger partial charge in [-0.2, -0.15) is 0 Å². The Balaban J connectivity index is 2.12. The van der Waals surface area contributed by atoms with E-state index in [2.05, 4.69) is 4.99 Å². The van der Waals surface area contributed by atoms with Crippen molar-refractivity contribution in [2.75, 3.05) is 0 Å². The Morgan fingerprint density at radius 1 is 1.27 bits per heavy atom. The Hall–Kier alpha value is -2.08. The standard InChI is InChI=1S/C20H24N2O3S/c1-6-15-18(23)22-17(14-9-7-12(4)8-10-14)16(19(24)25-11(2)3)13(5)21-20(22)26-15/h7-11,15,17H,6H2,1-5H3/t15-,17+/m0/s1. The predicted octanol–water partition coefficient (Wildman–Crippen LogP) is 3.99. The average Bonchev–Trinajstić information content (AvgIpc) is 2.89. The van der Waals surface area contributed by atoms with Crippen LogP contribution < -0.4 is 0 Å². The van der Waals surface area contributed by atoms with Crippen LogP contribution in [0.4, 0.5) is 0 Å². The van der Waals surface area contributed by atoms with E-state index in [0.29, 0.717) is 16.4 Å². The number of aryl methyl sites for hydroxylation is 1. The molecule has 1 aromatic rings. The van der Waals surface area contributed by atoms with Gasteiger partial charge in [0.15, 0.2) is 5.17 Å². The second-order valence-electron chi connectivity index (χ2n) is 6.88. The van der Waals surface area contributed by atoms with Crippen molar-refractivity contribution in [2.45, 2.75) is 58.4 Å². The van der Waals surface area contributed by atoms with Crippen molar-refractivity contribution in [1.82, 2.24) is 4.90 Å². The Morgan fingerprint density at radius 2 is 1.92 bits per heavy atom. The summed E-state index contributed by atoms with van der Waals surface area (Å²) in [6.45, 7) is 9.44. The maximum atomic E-state index is 13.0. The van der Waals surface area contributed by atoms with Crippen molar-refractivity contribution in [1.29, 1.82) is 0 Å². The molecule has 0 aliphatic carbocycles. The fourth-order valence-electron chi connectivity index (χ4n) is 3.19. The number of ether oxygens (including phenoxy) is 1. The quantitative estimate of drug-likeness (QED) is 0.750. The molecule has 1 amide bonds. The number of rotatable bonds is 4. The highest BCUT2D eigenvalue weighted by molar-refractivity contribution is 8.15. The van der Waals surface area contributed by atoms with Crippen LogP contribution in [0.25, 0.3) is 0 Å². The highest BCUT2D eigenvalue weighted by Gasteiger charge is 2.47. The minimum absolute atomic E-state index is 0.00386. The van der Waals surface area contributed by atoms with Crippen LogP contribution in [0, 0.1) is 6.92 Å². The normalized spacial score (nSPS) is 22.6. The van der Waals surface area contributed by atoms with Gasteiger partial charge in [-0.1, -0.05) is 48.5 Å². The molecular formula is C20H24N2O3S. The molecule has 0 radical (unpaired) electrons. The van der Waals surface area contributed by atoms with E-state index >= 15 is 0 Å². The zero-order valence-electron chi connectivity index (χ0n) is 15.8. The lowest BCUT2D eigenvalue weighted by molar-refractivity contribution is -0.143. The molecule has 3 rings (SSSR count). The highest BCUT2D eigenvalue weighted by atomic mass is 32.2. The number of carbonyl (C=O) groups is 2. The monoisotopic (exact) mass is 372 g/mol. The first kappa shape index (κ1) is 18.7. The van der Waals surface area contributed by atoms with E-state index in [1.54, 1.807) is 4.90 Å². The van der Waals surface area contributed by atoms with Gasteiger partial charge in [-0.15, -0.1) is 0 Å². The number of hydrogen-bond donors (Lipinski definition) is 0. The lowest BCUT2D eigenvalue weighted by atomic mass is 9.93. The molecule has 0 bridgehead atoms. The molecule has 1 aromatic carbocycles. The van der Waals surface area contributed by atoms with Crippen molar-refractivity contribution in [3.8, 4) is 0 Å². The molecule has 2 aliphatic rings. The number of allylic oxidation sites excluding steroid dienone is 1. The second-order valence-corrected chi connectivity index (χ2v) is 8.05. The van der Waals surface area contributed by atoms with Crippen LogP contribution in [0.3, 0.4) is 0 Å². The van der Waals surface area contributed by atoms with Crippen LogP contribution in [0.2, 0.25) is 0 Å². The van der Waals surface area contributed by atoms with Crippen LogP contribution in [-0.4, -0.2) is 33.3 Å². The van der Waals surface area contributed by atoms with Gasteiger partial charge in [0, 0.05) is 0 Å². The molecule has 0 unspecified atom stereocenters. The second kappa shape index (κ2) is 7.27. The van der Waals surface area contributed by atoms with Gasteiger partial charge in [0.1, 0.15) is 0 Å². The summed E-state index contributed by atoms with van der Waals surface area (Å²) in [5.41, 5.74) is 3.07. The number of esters is 1. The van der Waals surface area contributed by atoms with Crippen molar-refractivity contribution in [2.24, 2.45) is 4.99 Å². The third kappa shape index (κ3) is 3.30. The van der Waals surface area contributed by atoms with E-state index in [1.807, 2.05) is 58.9 Å². The number of amidine groups is 1. The summed E-state index contributed by atoms with van der Waals surface area (Å²) in [6.07, 6.45) is 0.490. The fourth-order valence-corrected chi connectivity index (χ4v) is 4.33. The molecule has 1 saturated heterocycles. The molecule has 1 fully saturated rings. The largest absolute Gasteiger partial charge is 0.459 e. The Bertz CT molecular complexity index is 796. The number of amides is 1. The lowest BCUT2D eigenvalue weighted by Crippen LogP contribution is -2.41. The molecule has 0 spiro atoms. The van der Waals surface area contributed by atoms with E-state index in [9.17, 15) is 9.59 Å². The molecule has 138 valence electrons. The van der Waals surface area contributed by atoms with Gasteiger partial charge in [0.2, 0.25) is 5.91 Å². The predicted molar refractivity (Wildman–Crippen MR) is 104 cm³/mol. The number of aliphatic imine (C=N–C) groups is 1. The first-order valence-electron chi connectivity index (χ1n) is 8.90. The van der Waals surface area contributed by atoms with Crippen molar-refractivity contribution >= 4 is 28.8 Å². The van der Waals surface area contributed by atoms with Crippen LogP contribution in [0.1, 0.15) is 51.3 Å². The summed E-state index contributed by atoms with van der Waals surface area (Å²) in [5.74, 6) is -0.409. The number of benzene rings is 1. The third-order valence-electron chi connectivity index (χ3n) is 4.48. The SMILES string of the molecule is CC[C@@H]1SC2=NC(C)=C(C(=O)OC(C)C)[C@@H](c3ccc(C)cc3)N2C1=O. The zero-order chi connectivity index (χ0) is 19.0. The average molecular weight is 372 g/mol. The van der Waals surface area contributed by atoms with E-state index < -0.39 is 12.0 Å². The molecule has 6 heteroatoms.